The number of Topliss-reactive ketones (excluding diaryl/α,β-unsaturated/α-hetero) is 1. The quantitative estimate of drug-likeness (QED) is 0.748. The van der Waals surface area contributed by atoms with E-state index in [1.54, 1.807) is 0 Å². The largest absolute Gasteiger partial charge is 0.503 e. The number of ether oxygens (including phenoxy) is 2. The molecule has 0 spiro atoms. The van der Waals surface area contributed by atoms with Crippen molar-refractivity contribution in [3.05, 3.63) is 16.7 Å². The summed E-state index contributed by atoms with van der Waals surface area (Å²) in [5, 5.41) is 9.69. The third-order valence-electron chi connectivity index (χ3n) is 2.12. The van der Waals surface area contributed by atoms with Crippen LogP contribution in [0.4, 0.5) is 0 Å². The summed E-state index contributed by atoms with van der Waals surface area (Å²) in [6.07, 6.45) is 0. The van der Waals surface area contributed by atoms with Crippen LogP contribution in [-0.2, 0) is 0 Å². The Labute approximate surface area is 91.4 Å². The first-order chi connectivity index (χ1) is 7.11. The zero-order valence-electron chi connectivity index (χ0n) is 8.04. The average Bonchev–Trinajstić information content (AvgIpc) is 2.23. The Morgan fingerprint density at radius 3 is 2.60 bits per heavy atom. The summed E-state index contributed by atoms with van der Waals surface area (Å²) in [6.45, 7) is 2.09. The maximum absolute atomic E-state index is 11.3. The van der Waals surface area contributed by atoms with E-state index in [2.05, 4.69) is 0 Å². The lowest BCUT2D eigenvalue weighted by Crippen LogP contribution is -2.17. The zero-order valence-corrected chi connectivity index (χ0v) is 8.80. The van der Waals surface area contributed by atoms with Crippen LogP contribution in [0.5, 0.6) is 17.2 Å². The molecule has 0 radical (unpaired) electrons. The molecule has 5 heteroatoms. The van der Waals surface area contributed by atoms with Crippen LogP contribution >= 0.6 is 11.6 Å². The van der Waals surface area contributed by atoms with E-state index in [4.69, 9.17) is 21.1 Å². The highest BCUT2D eigenvalue weighted by Gasteiger charge is 2.24. The van der Waals surface area contributed by atoms with Crippen LogP contribution in [0.25, 0.3) is 0 Å². The third-order valence-corrected chi connectivity index (χ3v) is 2.41. The van der Waals surface area contributed by atoms with Crippen LogP contribution in [-0.4, -0.2) is 24.1 Å². The van der Waals surface area contributed by atoms with Gasteiger partial charge < -0.3 is 14.6 Å². The molecule has 1 aromatic carbocycles. The van der Waals surface area contributed by atoms with Gasteiger partial charge in [-0.25, -0.2) is 0 Å². The standard InChI is InChI=1S/C10H9ClO4/c1-5(12)6-4-7(11)8(13)10-9(6)14-2-3-15-10/h4,13H,2-3H2,1H3. The molecular weight excluding hydrogens is 220 g/mol. The minimum Gasteiger partial charge on any atom is -0.503 e. The minimum atomic E-state index is -0.184. The van der Waals surface area contributed by atoms with Crippen molar-refractivity contribution in [2.75, 3.05) is 13.2 Å². The van der Waals surface area contributed by atoms with Gasteiger partial charge in [-0.15, -0.1) is 0 Å². The third kappa shape index (κ3) is 1.61. The van der Waals surface area contributed by atoms with E-state index in [0.29, 0.717) is 18.8 Å². The summed E-state index contributed by atoms with van der Waals surface area (Å²) >= 11 is 5.76. The van der Waals surface area contributed by atoms with E-state index in [9.17, 15) is 9.90 Å². The van der Waals surface area contributed by atoms with Crippen molar-refractivity contribution in [3.63, 3.8) is 0 Å². The summed E-state index contributed by atoms with van der Waals surface area (Å²) in [6, 6.07) is 1.38. The van der Waals surface area contributed by atoms with Crippen molar-refractivity contribution in [2.24, 2.45) is 0 Å². The van der Waals surface area contributed by atoms with E-state index in [1.165, 1.54) is 13.0 Å². The number of carbonyl (C=O) groups excluding carboxylic acids is 1. The predicted molar refractivity (Wildman–Crippen MR) is 54.1 cm³/mol. The van der Waals surface area contributed by atoms with Crippen molar-refractivity contribution in [2.45, 2.75) is 6.92 Å². The Hall–Kier alpha value is -1.42. The molecule has 2 rings (SSSR count). The van der Waals surface area contributed by atoms with Crippen molar-refractivity contribution in [1.29, 1.82) is 0 Å². The lowest BCUT2D eigenvalue weighted by Gasteiger charge is -2.21. The number of halogens is 1. The number of benzene rings is 1. The second kappa shape index (κ2) is 3.62. The molecule has 1 N–H and O–H groups in total. The number of aromatic hydroxyl groups is 1. The molecule has 0 fully saturated rings. The van der Waals surface area contributed by atoms with Gasteiger partial charge in [0.15, 0.2) is 17.3 Å². The first kappa shape index (κ1) is 10.1. The lowest BCUT2D eigenvalue weighted by molar-refractivity contribution is 0.100. The van der Waals surface area contributed by atoms with Gasteiger partial charge in [-0.3, -0.25) is 4.79 Å². The SMILES string of the molecule is CC(=O)c1cc(Cl)c(O)c2c1OCCO2. The van der Waals surface area contributed by atoms with Crippen LogP contribution in [0.1, 0.15) is 17.3 Å². The van der Waals surface area contributed by atoms with Crippen LogP contribution < -0.4 is 9.47 Å². The Bertz CT molecular complexity index is 428. The molecule has 0 amide bonds. The molecule has 1 aliphatic heterocycles. The highest BCUT2D eigenvalue weighted by Crippen LogP contribution is 2.45. The van der Waals surface area contributed by atoms with Gasteiger partial charge in [0.25, 0.3) is 0 Å². The molecule has 1 aromatic rings. The average molecular weight is 229 g/mol. The van der Waals surface area contributed by atoms with Crippen LogP contribution in [0, 0.1) is 0 Å². The molecular formula is C10H9ClO4. The second-order valence-corrected chi connectivity index (χ2v) is 3.57. The van der Waals surface area contributed by atoms with Gasteiger partial charge >= 0.3 is 0 Å². The lowest BCUT2D eigenvalue weighted by atomic mass is 10.1. The van der Waals surface area contributed by atoms with Crippen molar-refractivity contribution in [1.82, 2.24) is 0 Å². The van der Waals surface area contributed by atoms with Crippen LogP contribution in [0.15, 0.2) is 6.07 Å². The zero-order chi connectivity index (χ0) is 11.0. The van der Waals surface area contributed by atoms with Gasteiger partial charge in [0.2, 0.25) is 5.75 Å². The molecule has 0 saturated heterocycles. The van der Waals surface area contributed by atoms with E-state index in [0.717, 1.165) is 0 Å². The number of ketones is 1. The number of hydrogen-bond donors (Lipinski definition) is 1. The molecule has 1 heterocycles. The Kier molecular flexibility index (Phi) is 2.44. The molecule has 0 saturated carbocycles. The molecule has 4 nitrogen and oxygen atoms in total. The highest BCUT2D eigenvalue weighted by atomic mass is 35.5. The molecule has 1 aliphatic rings. The number of hydrogen-bond acceptors (Lipinski definition) is 4. The molecule has 15 heavy (non-hydrogen) atoms. The summed E-state index contributed by atoms with van der Waals surface area (Å²) in [4.78, 5) is 11.3. The number of fused-ring (bicyclic) bond motifs is 1. The fourth-order valence-electron chi connectivity index (χ4n) is 1.43. The Balaban J connectivity index is 2.67. The highest BCUT2D eigenvalue weighted by molar-refractivity contribution is 6.32. The molecule has 0 aliphatic carbocycles. The number of rotatable bonds is 1. The van der Waals surface area contributed by atoms with Crippen molar-refractivity contribution >= 4 is 17.4 Å². The smallest absolute Gasteiger partial charge is 0.205 e. The van der Waals surface area contributed by atoms with Gasteiger partial charge in [0, 0.05) is 0 Å². The fourth-order valence-corrected chi connectivity index (χ4v) is 1.62. The monoisotopic (exact) mass is 228 g/mol. The maximum atomic E-state index is 11.3. The van der Waals surface area contributed by atoms with E-state index >= 15 is 0 Å². The molecule has 0 bridgehead atoms. The summed E-state index contributed by atoms with van der Waals surface area (Å²) in [5.41, 5.74) is 0.326. The van der Waals surface area contributed by atoms with Gasteiger partial charge in [-0.05, 0) is 13.0 Å². The first-order valence-corrected chi connectivity index (χ1v) is 4.81. The summed E-state index contributed by atoms with van der Waals surface area (Å²) in [5.74, 6) is 0.0598. The first-order valence-electron chi connectivity index (χ1n) is 4.43. The number of phenolic OH excluding ortho intramolecular Hbond substituents is 1. The normalized spacial score (nSPS) is 13.7. The topological polar surface area (TPSA) is 55.8 Å². The Morgan fingerprint density at radius 2 is 2.00 bits per heavy atom. The van der Waals surface area contributed by atoms with E-state index < -0.39 is 0 Å². The van der Waals surface area contributed by atoms with Gasteiger partial charge in [-0.2, -0.15) is 0 Å². The summed E-state index contributed by atoms with van der Waals surface area (Å²) < 4.78 is 10.5. The molecule has 0 aromatic heterocycles. The van der Waals surface area contributed by atoms with E-state index in [1.807, 2.05) is 0 Å². The number of phenols is 1. The maximum Gasteiger partial charge on any atom is 0.205 e. The van der Waals surface area contributed by atoms with Crippen LogP contribution in [0.3, 0.4) is 0 Å². The van der Waals surface area contributed by atoms with Crippen molar-refractivity contribution in [3.8, 4) is 17.2 Å². The van der Waals surface area contributed by atoms with Gasteiger partial charge in [-0.1, -0.05) is 11.6 Å². The van der Waals surface area contributed by atoms with Crippen LogP contribution in [0.2, 0.25) is 5.02 Å². The van der Waals surface area contributed by atoms with Gasteiger partial charge in [0.1, 0.15) is 13.2 Å². The fraction of sp³-hybridized carbons (Fsp3) is 0.300. The molecule has 80 valence electrons. The predicted octanol–water partition coefficient (Wildman–Crippen LogP) is 2.02. The van der Waals surface area contributed by atoms with Gasteiger partial charge in [0.05, 0.1) is 10.6 Å². The Morgan fingerprint density at radius 1 is 1.40 bits per heavy atom. The summed E-state index contributed by atoms with van der Waals surface area (Å²) in [7, 11) is 0. The van der Waals surface area contributed by atoms with E-state index in [-0.39, 0.29) is 28.1 Å². The molecule has 0 atom stereocenters. The molecule has 0 unspecified atom stereocenters. The second-order valence-electron chi connectivity index (χ2n) is 3.17. The number of carbonyl (C=O) groups is 1. The van der Waals surface area contributed by atoms with Crippen molar-refractivity contribution < 1.29 is 19.4 Å². The minimum absolute atomic E-state index is 0.0875.